The standard InChI is InChI=1S/C15H29NO3/c1-5-6-7-10-19-11-15(13-8-9-13,14(17)18-4)16-12(2)3/h12-13,16H,5-11H2,1-4H3. The molecule has 0 aromatic heterocycles. The Morgan fingerprint density at radius 2 is 2.05 bits per heavy atom. The third kappa shape index (κ3) is 4.77. The molecule has 1 aliphatic carbocycles. The summed E-state index contributed by atoms with van der Waals surface area (Å²) >= 11 is 0. The highest BCUT2D eigenvalue weighted by Crippen LogP contribution is 2.41. The summed E-state index contributed by atoms with van der Waals surface area (Å²) in [5.41, 5.74) is -0.644. The fourth-order valence-electron chi connectivity index (χ4n) is 2.52. The summed E-state index contributed by atoms with van der Waals surface area (Å²) in [6.07, 6.45) is 5.56. The molecule has 1 rings (SSSR count). The number of carbonyl (C=O) groups excluding carboxylic acids is 1. The Kier molecular flexibility index (Phi) is 6.80. The topological polar surface area (TPSA) is 47.6 Å². The van der Waals surface area contributed by atoms with Crippen molar-refractivity contribution >= 4 is 5.97 Å². The molecule has 1 aliphatic rings. The zero-order valence-electron chi connectivity index (χ0n) is 12.8. The van der Waals surface area contributed by atoms with Gasteiger partial charge in [0.2, 0.25) is 0 Å². The van der Waals surface area contributed by atoms with Crippen LogP contribution in [-0.2, 0) is 14.3 Å². The highest BCUT2D eigenvalue weighted by molar-refractivity contribution is 5.82. The number of esters is 1. The number of hydrogen-bond donors (Lipinski definition) is 1. The number of methoxy groups -OCH3 is 1. The van der Waals surface area contributed by atoms with Crippen LogP contribution in [0.2, 0.25) is 0 Å². The summed E-state index contributed by atoms with van der Waals surface area (Å²) in [4.78, 5) is 12.2. The van der Waals surface area contributed by atoms with Gasteiger partial charge >= 0.3 is 5.97 Å². The molecular formula is C15H29NO3. The molecule has 0 aromatic carbocycles. The minimum Gasteiger partial charge on any atom is -0.468 e. The number of rotatable bonds is 10. The first kappa shape index (κ1) is 16.4. The lowest BCUT2D eigenvalue weighted by atomic mass is 9.93. The molecule has 0 aromatic rings. The van der Waals surface area contributed by atoms with Crippen LogP contribution in [0.1, 0.15) is 52.9 Å². The monoisotopic (exact) mass is 271 g/mol. The van der Waals surface area contributed by atoms with Gasteiger partial charge in [-0.15, -0.1) is 0 Å². The zero-order chi connectivity index (χ0) is 14.3. The summed E-state index contributed by atoms with van der Waals surface area (Å²) in [6, 6.07) is 0.235. The van der Waals surface area contributed by atoms with Crippen LogP contribution in [0.5, 0.6) is 0 Å². The van der Waals surface area contributed by atoms with Gasteiger partial charge in [-0.1, -0.05) is 19.8 Å². The molecule has 4 heteroatoms. The number of hydrogen-bond acceptors (Lipinski definition) is 4. The lowest BCUT2D eigenvalue weighted by molar-refractivity contribution is -0.153. The number of nitrogens with one attached hydrogen (secondary N) is 1. The Balaban J connectivity index is 2.59. The smallest absolute Gasteiger partial charge is 0.328 e. The molecule has 0 saturated heterocycles. The summed E-state index contributed by atoms with van der Waals surface area (Å²) in [7, 11) is 1.46. The lowest BCUT2D eigenvalue weighted by Crippen LogP contribution is -2.60. The average molecular weight is 271 g/mol. The fraction of sp³-hybridized carbons (Fsp3) is 0.933. The summed E-state index contributed by atoms with van der Waals surface area (Å²) < 4.78 is 10.8. The van der Waals surface area contributed by atoms with Gasteiger partial charge in [0.1, 0.15) is 5.54 Å². The molecule has 0 heterocycles. The molecule has 19 heavy (non-hydrogen) atoms. The Morgan fingerprint density at radius 3 is 2.53 bits per heavy atom. The van der Waals surface area contributed by atoms with Crippen LogP contribution in [-0.4, -0.2) is 37.9 Å². The molecule has 0 bridgehead atoms. The molecule has 1 unspecified atom stereocenters. The minimum atomic E-state index is -0.644. The second kappa shape index (κ2) is 7.85. The van der Waals surface area contributed by atoms with Crippen molar-refractivity contribution in [2.24, 2.45) is 5.92 Å². The maximum Gasteiger partial charge on any atom is 0.328 e. The number of carbonyl (C=O) groups is 1. The Hall–Kier alpha value is -0.610. The molecule has 0 spiro atoms. The van der Waals surface area contributed by atoms with Crippen molar-refractivity contribution in [1.82, 2.24) is 5.32 Å². The van der Waals surface area contributed by atoms with Crippen LogP contribution in [0, 0.1) is 5.92 Å². The van der Waals surface area contributed by atoms with E-state index in [-0.39, 0.29) is 12.0 Å². The van der Waals surface area contributed by atoms with Crippen LogP contribution in [0.25, 0.3) is 0 Å². The first-order valence-corrected chi connectivity index (χ1v) is 7.50. The Labute approximate surface area is 117 Å². The predicted molar refractivity (Wildman–Crippen MR) is 76.1 cm³/mol. The van der Waals surface area contributed by atoms with Crippen molar-refractivity contribution in [2.45, 2.75) is 64.5 Å². The molecule has 4 nitrogen and oxygen atoms in total. The van der Waals surface area contributed by atoms with Gasteiger partial charge in [-0.05, 0) is 39.0 Å². The van der Waals surface area contributed by atoms with Crippen molar-refractivity contribution < 1.29 is 14.3 Å². The van der Waals surface area contributed by atoms with Crippen LogP contribution >= 0.6 is 0 Å². The van der Waals surface area contributed by atoms with Crippen molar-refractivity contribution in [1.29, 1.82) is 0 Å². The van der Waals surface area contributed by atoms with E-state index in [9.17, 15) is 4.79 Å². The molecule has 0 amide bonds. The summed E-state index contributed by atoms with van der Waals surface area (Å²) in [6.45, 7) is 7.42. The van der Waals surface area contributed by atoms with Crippen molar-refractivity contribution in [3.63, 3.8) is 0 Å². The van der Waals surface area contributed by atoms with E-state index in [4.69, 9.17) is 9.47 Å². The molecule has 1 atom stereocenters. The first-order valence-electron chi connectivity index (χ1n) is 7.50. The average Bonchev–Trinajstić information content (AvgIpc) is 3.20. The first-order chi connectivity index (χ1) is 9.06. The van der Waals surface area contributed by atoms with Crippen LogP contribution in [0.4, 0.5) is 0 Å². The number of unbranched alkanes of at least 4 members (excludes halogenated alkanes) is 2. The van der Waals surface area contributed by atoms with E-state index in [0.29, 0.717) is 12.5 Å². The number of ether oxygens (including phenoxy) is 2. The van der Waals surface area contributed by atoms with E-state index in [1.165, 1.54) is 20.0 Å². The molecule has 1 N–H and O–H groups in total. The maximum absolute atomic E-state index is 12.2. The van der Waals surface area contributed by atoms with Gasteiger partial charge in [0.25, 0.3) is 0 Å². The van der Waals surface area contributed by atoms with Gasteiger partial charge in [0, 0.05) is 12.6 Å². The molecule has 0 radical (unpaired) electrons. The molecule has 1 saturated carbocycles. The summed E-state index contributed by atoms with van der Waals surface area (Å²) in [5, 5.41) is 3.40. The summed E-state index contributed by atoms with van der Waals surface area (Å²) in [5.74, 6) is 0.174. The van der Waals surface area contributed by atoms with Gasteiger partial charge in [-0.3, -0.25) is 5.32 Å². The second-order valence-corrected chi connectivity index (χ2v) is 5.80. The normalized spacial score (nSPS) is 18.4. The van der Waals surface area contributed by atoms with Crippen LogP contribution in [0.3, 0.4) is 0 Å². The maximum atomic E-state index is 12.2. The third-order valence-electron chi connectivity index (χ3n) is 3.59. The Bertz CT molecular complexity index is 277. The van der Waals surface area contributed by atoms with Gasteiger partial charge in [-0.25, -0.2) is 4.79 Å². The van der Waals surface area contributed by atoms with Crippen LogP contribution < -0.4 is 5.32 Å². The molecule has 0 aliphatic heterocycles. The van der Waals surface area contributed by atoms with E-state index in [1.54, 1.807) is 0 Å². The van der Waals surface area contributed by atoms with Gasteiger partial charge in [0.05, 0.1) is 13.7 Å². The van der Waals surface area contributed by atoms with Gasteiger partial charge in [0.15, 0.2) is 0 Å². The second-order valence-electron chi connectivity index (χ2n) is 5.80. The minimum absolute atomic E-state index is 0.181. The van der Waals surface area contributed by atoms with Gasteiger partial charge < -0.3 is 9.47 Å². The quantitative estimate of drug-likeness (QED) is 0.490. The highest BCUT2D eigenvalue weighted by atomic mass is 16.5. The van der Waals surface area contributed by atoms with Crippen molar-refractivity contribution in [2.75, 3.05) is 20.3 Å². The SMILES string of the molecule is CCCCCOCC(NC(C)C)(C(=O)OC)C1CC1. The predicted octanol–water partition coefficient (Wildman–Crippen LogP) is 2.51. The molecular weight excluding hydrogens is 242 g/mol. The van der Waals surface area contributed by atoms with Crippen molar-refractivity contribution in [3.05, 3.63) is 0 Å². The fourth-order valence-corrected chi connectivity index (χ4v) is 2.52. The van der Waals surface area contributed by atoms with Crippen molar-refractivity contribution in [3.8, 4) is 0 Å². The van der Waals surface area contributed by atoms with Crippen LogP contribution in [0.15, 0.2) is 0 Å². The van der Waals surface area contributed by atoms with E-state index in [2.05, 4.69) is 26.1 Å². The molecule has 1 fully saturated rings. The van der Waals surface area contributed by atoms with Gasteiger partial charge in [-0.2, -0.15) is 0 Å². The highest BCUT2D eigenvalue weighted by Gasteiger charge is 2.52. The lowest BCUT2D eigenvalue weighted by Gasteiger charge is -2.34. The third-order valence-corrected chi connectivity index (χ3v) is 3.59. The van der Waals surface area contributed by atoms with E-state index in [1.807, 2.05) is 0 Å². The largest absolute Gasteiger partial charge is 0.468 e. The van der Waals surface area contributed by atoms with E-state index in [0.717, 1.165) is 25.9 Å². The zero-order valence-corrected chi connectivity index (χ0v) is 12.8. The van der Waals surface area contributed by atoms with E-state index >= 15 is 0 Å². The van der Waals surface area contributed by atoms with E-state index < -0.39 is 5.54 Å². The molecule has 112 valence electrons. The Morgan fingerprint density at radius 1 is 1.37 bits per heavy atom.